The summed E-state index contributed by atoms with van der Waals surface area (Å²) in [7, 11) is 0. The first-order chi connectivity index (χ1) is 4.87. The van der Waals surface area contributed by atoms with E-state index in [4.69, 9.17) is 14.6 Å². The van der Waals surface area contributed by atoms with Crippen molar-refractivity contribution in [3.8, 4) is 0 Å². The van der Waals surface area contributed by atoms with Crippen LogP contribution >= 0.6 is 0 Å². The molecule has 66 valence electrons. The van der Waals surface area contributed by atoms with Crippen LogP contribution in [0, 0.1) is 0 Å². The number of aliphatic hydroxyl groups excluding tert-OH is 1. The fourth-order valence-electron chi connectivity index (χ4n) is 1.46. The molecule has 0 radical (unpaired) electrons. The number of hydrogen-bond donors (Lipinski definition) is 1. The summed E-state index contributed by atoms with van der Waals surface area (Å²) in [6, 6.07) is 0. The topological polar surface area (TPSA) is 38.7 Å². The number of rotatable bonds is 1. The smallest absolute Gasteiger partial charge is 0.164 e. The average Bonchev–Trinajstić information content (AvgIpc) is 1.99. The maximum absolute atomic E-state index is 8.93. The van der Waals surface area contributed by atoms with Crippen molar-refractivity contribution in [3.63, 3.8) is 0 Å². The number of ether oxygens (including phenoxy) is 2. The molecule has 0 aromatic carbocycles. The summed E-state index contributed by atoms with van der Waals surface area (Å²) in [5.41, 5.74) is -0.377. The predicted octanol–water partition coefficient (Wildman–Crippen LogP) is 0.909. The van der Waals surface area contributed by atoms with Gasteiger partial charge in [0, 0.05) is 0 Å². The molecule has 3 nitrogen and oxygen atoms in total. The highest BCUT2D eigenvalue weighted by Crippen LogP contribution is 2.35. The molecule has 0 aliphatic carbocycles. The summed E-state index contributed by atoms with van der Waals surface area (Å²) in [6.07, 6.45) is -0.211. The van der Waals surface area contributed by atoms with Gasteiger partial charge in [0.15, 0.2) is 5.79 Å². The zero-order chi connectivity index (χ0) is 8.70. The van der Waals surface area contributed by atoms with Crippen LogP contribution in [0.2, 0.25) is 0 Å². The largest absolute Gasteiger partial charge is 0.394 e. The van der Waals surface area contributed by atoms with E-state index in [0.717, 1.165) is 0 Å². The Morgan fingerprint density at radius 3 is 2.00 bits per heavy atom. The molecule has 1 saturated heterocycles. The van der Waals surface area contributed by atoms with Gasteiger partial charge in [-0.2, -0.15) is 0 Å². The number of hydrogen-bond acceptors (Lipinski definition) is 3. The van der Waals surface area contributed by atoms with E-state index < -0.39 is 5.79 Å². The Kier molecular flexibility index (Phi) is 1.99. The lowest BCUT2D eigenvalue weighted by molar-refractivity contribution is -0.158. The van der Waals surface area contributed by atoms with E-state index in [-0.39, 0.29) is 18.3 Å². The van der Waals surface area contributed by atoms with Gasteiger partial charge in [-0.3, -0.25) is 0 Å². The Balaban J connectivity index is 2.71. The van der Waals surface area contributed by atoms with Crippen molar-refractivity contribution in [1.29, 1.82) is 0 Å². The van der Waals surface area contributed by atoms with E-state index in [2.05, 4.69) is 0 Å². The zero-order valence-electron chi connectivity index (χ0n) is 7.55. The van der Waals surface area contributed by atoms with Gasteiger partial charge in [-0.1, -0.05) is 0 Å². The Bertz CT molecular complexity index is 151. The van der Waals surface area contributed by atoms with Crippen LogP contribution in [-0.4, -0.2) is 29.2 Å². The minimum Gasteiger partial charge on any atom is -0.394 e. The summed E-state index contributed by atoms with van der Waals surface area (Å²) in [5, 5.41) is 8.93. The highest BCUT2D eigenvalue weighted by atomic mass is 16.8. The van der Waals surface area contributed by atoms with Crippen molar-refractivity contribution in [3.05, 3.63) is 0 Å². The summed E-state index contributed by atoms with van der Waals surface area (Å²) in [4.78, 5) is 0. The molecule has 0 saturated carbocycles. The van der Waals surface area contributed by atoms with Crippen molar-refractivity contribution in [2.75, 3.05) is 6.61 Å². The molecule has 11 heavy (non-hydrogen) atoms. The van der Waals surface area contributed by atoms with Gasteiger partial charge in [0.05, 0.1) is 12.2 Å². The first-order valence-corrected chi connectivity index (χ1v) is 3.86. The molecule has 1 fully saturated rings. The van der Waals surface area contributed by atoms with Crippen LogP contribution in [0.4, 0.5) is 0 Å². The third-order valence-electron chi connectivity index (χ3n) is 1.88. The first-order valence-electron chi connectivity index (χ1n) is 3.86. The van der Waals surface area contributed by atoms with E-state index in [1.54, 1.807) is 0 Å². The molecule has 0 aromatic rings. The molecule has 0 amide bonds. The normalized spacial score (nSPS) is 34.1. The molecule has 0 spiro atoms. The van der Waals surface area contributed by atoms with Gasteiger partial charge < -0.3 is 14.6 Å². The molecular weight excluding hydrogens is 144 g/mol. The Morgan fingerprint density at radius 1 is 1.27 bits per heavy atom. The van der Waals surface area contributed by atoms with Gasteiger partial charge in [-0.15, -0.1) is 0 Å². The summed E-state index contributed by atoms with van der Waals surface area (Å²) in [6.45, 7) is 7.55. The summed E-state index contributed by atoms with van der Waals surface area (Å²) >= 11 is 0. The van der Waals surface area contributed by atoms with E-state index in [0.29, 0.717) is 0 Å². The lowest BCUT2D eigenvalue weighted by Crippen LogP contribution is -2.35. The molecule has 0 aromatic heterocycles. The SMILES string of the molecule is CC1(C)O[C@@H](CO)C(C)(C)O1. The van der Waals surface area contributed by atoms with Crippen LogP contribution in [0.1, 0.15) is 27.7 Å². The fraction of sp³-hybridized carbons (Fsp3) is 1.00. The molecular formula is C8H16O3. The van der Waals surface area contributed by atoms with Gasteiger partial charge in [0.1, 0.15) is 6.10 Å². The van der Waals surface area contributed by atoms with Crippen molar-refractivity contribution < 1.29 is 14.6 Å². The van der Waals surface area contributed by atoms with Crippen LogP contribution in [0.25, 0.3) is 0 Å². The Morgan fingerprint density at radius 2 is 1.82 bits per heavy atom. The third kappa shape index (κ3) is 1.72. The molecule has 1 aliphatic rings. The van der Waals surface area contributed by atoms with E-state index >= 15 is 0 Å². The molecule has 1 heterocycles. The minimum absolute atomic E-state index is 0.0103. The highest BCUT2D eigenvalue weighted by molar-refractivity contribution is 4.88. The van der Waals surface area contributed by atoms with Gasteiger partial charge in [-0.25, -0.2) is 0 Å². The second-order valence-electron chi connectivity index (χ2n) is 3.89. The van der Waals surface area contributed by atoms with Gasteiger partial charge >= 0.3 is 0 Å². The highest BCUT2D eigenvalue weighted by Gasteiger charge is 2.46. The predicted molar refractivity (Wildman–Crippen MR) is 41.2 cm³/mol. The van der Waals surface area contributed by atoms with E-state index in [9.17, 15) is 0 Å². The van der Waals surface area contributed by atoms with Crippen molar-refractivity contribution in [1.82, 2.24) is 0 Å². The lowest BCUT2D eigenvalue weighted by Gasteiger charge is -2.22. The van der Waals surface area contributed by atoms with Crippen molar-refractivity contribution in [2.24, 2.45) is 0 Å². The van der Waals surface area contributed by atoms with Crippen LogP contribution in [0.5, 0.6) is 0 Å². The van der Waals surface area contributed by atoms with Crippen molar-refractivity contribution >= 4 is 0 Å². The molecule has 3 heteroatoms. The van der Waals surface area contributed by atoms with Crippen LogP contribution in [0.15, 0.2) is 0 Å². The molecule has 1 atom stereocenters. The Labute approximate surface area is 67.3 Å². The van der Waals surface area contributed by atoms with E-state index in [1.165, 1.54) is 0 Å². The maximum Gasteiger partial charge on any atom is 0.164 e. The summed E-state index contributed by atoms with van der Waals surface area (Å²) < 4.78 is 11.0. The quantitative estimate of drug-likeness (QED) is 0.619. The molecule has 1 rings (SSSR count). The first kappa shape index (κ1) is 8.97. The second-order valence-corrected chi connectivity index (χ2v) is 3.89. The standard InChI is InChI=1S/C8H16O3/c1-7(2)6(5-9)10-8(3,4)11-7/h6,9H,5H2,1-4H3/t6-/m0/s1. The average molecular weight is 160 g/mol. The zero-order valence-corrected chi connectivity index (χ0v) is 7.55. The van der Waals surface area contributed by atoms with Crippen molar-refractivity contribution in [2.45, 2.75) is 45.2 Å². The van der Waals surface area contributed by atoms with Crippen LogP contribution in [-0.2, 0) is 9.47 Å². The molecule has 0 unspecified atom stereocenters. The molecule has 1 aliphatic heterocycles. The van der Waals surface area contributed by atoms with Gasteiger partial charge in [0.2, 0.25) is 0 Å². The fourth-order valence-corrected chi connectivity index (χ4v) is 1.46. The summed E-state index contributed by atoms with van der Waals surface area (Å²) in [5.74, 6) is -0.559. The monoisotopic (exact) mass is 160 g/mol. The Hall–Kier alpha value is -0.120. The van der Waals surface area contributed by atoms with Crippen LogP contribution in [0.3, 0.4) is 0 Å². The maximum atomic E-state index is 8.93. The second kappa shape index (κ2) is 2.44. The minimum atomic E-state index is -0.559. The lowest BCUT2D eigenvalue weighted by atomic mass is 10.0. The van der Waals surface area contributed by atoms with Gasteiger partial charge in [0.25, 0.3) is 0 Å². The van der Waals surface area contributed by atoms with E-state index in [1.807, 2.05) is 27.7 Å². The van der Waals surface area contributed by atoms with Gasteiger partial charge in [-0.05, 0) is 27.7 Å². The third-order valence-corrected chi connectivity index (χ3v) is 1.88. The molecule has 0 bridgehead atoms. The molecule has 1 N–H and O–H groups in total. The van der Waals surface area contributed by atoms with Crippen LogP contribution < -0.4 is 0 Å². The number of aliphatic hydroxyl groups is 1.